The summed E-state index contributed by atoms with van der Waals surface area (Å²) >= 11 is 1.62. The van der Waals surface area contributed by atoms with Crippen LogP contribution in [-0.4, -0.2) is 32.2 Å². The zero-order valence-corrected chi connectivity index (χ0v) is 11.1. The Morgan fingerprint density at radius 3 is 3.06 bits per heavy atom. The maximum atomic E-state index is 11.8. The second-order valence-electron chi connectivity index (χ2n) is 3.95. The zero-order valence-electron chi connectivity index (χ0n) is 10.3. The Hall–Kier alpha value is -1.76. The van der Waals surface area contributed by atoms with Crippen molar-refractivity contribution in [2.75, 3.05) is 6.54 Å². The highest BCUT2D eigenvalue weighted by atomic mass is 32.1. The first kappa shape index (κ1) is 12.7. The first-order valence-electron chi connectivity index (χ1n) is 5.69. The van der Waals surface area contributed by atoms with E-state index in [-0.39, 0.29) is 11.9 Å². The number of thiazole rings is 1. The third-order valence-electron chi connectivity index (χ3n) is 2.56. The molecule has 0 bridgehead atoms. The Labute approximate surface area is 109 Å². The first-order chi connectivity index (χ1) is 8.66. The first-order valence-corrected chi connectivity index (χ1v) is 6.57. The summed E-state index contributed by atoms with van der Waals surface area (Å²) < 4.78 is 1.53. The van der Waals surface area contributed by atoms with Crippen molar-refractivity contribution in [3.8, 4) is 0 Å². The molecule has 0 aliphatic rings. The van der Waals surface area contributed by atoms with E-state index in [0.29, 0.717) is 6.54 Å². The number of aromatic nitrogens is 4. The molecule has 96 valence electrons. The van der Waals surface area contributed by atoms with Crippen molar-refractivity contribution >= 4 is 17.2 Å². The van der Waals surface area contributed by atoms with Gasteiger partial charge in [-0.15, -0.1) is 11.3 Å². The normalized spacial score (nSPS) is 12.3. The molecule has 1 atom stereocenters. The Balaban J connectivity index is 1.78. The molecular formula is C11H15N5OS. The van der Waals surface area contributed by atoms with E-state index in [1.165, 1.54) is 17.3 Å². The summed E-state index contributed by atoms with van der Waals surface area (Å²) in [6.07, 6.45) is 3.70. The van der Waals surface area contributed by atoms with Crippen LogP contribution >= 0.6 is 11.3 Å². The third kappa shape index (κ3) is 3.13. The summed E-state index contributed by atoms with van der Waals surface area (Å²) in [4.78, 5) is 20.0. The molecule has 0 aliphatic carbocycles. The average Bonchev–Trinajstić information content (AvgIpc) is 2.99. The van der Waals surface area contributed by atoms with Gasteiger partial charge in [0.1, 0.15) is 18.7 Å². The highest BCUT2D eigenvalue weighted by Crippen LogP contribution is 2.08. The van der Waals surface area contributed by atoms with Crippen LogP contribution in [0.25, 0.3) is 0 Å². The van der Waals surface area contributed by atoms with Gasteiger partial charge in [-0.2, -0.15) is 5.10 Å². The molecule has 6 nitrogen and oxygen atoms in total. The molecule has 0 aliphatic heterocycles. The number of nitrogens with zero attached hydrogens (tertiary/aromatic N) is 4. The van der Waals surface area contributed by atoms with Crippen molar-refractivity contribution in [3.05, 3.63) is 28.7 Å². The van der Waals surface area contributed by atoms with Gasteiger partial charge < -0.3 is 5.32 Å². The Kier molecular flexibility index (Phi) is 4.03. The molecule has 2 aromatic heterocycles. The average molecular weight is 265 g/mol. The minimum absolute atomic E-state index is 0.0625. The summed E-state index contributed by atoms with van der Waals surface area (Å²) in [5, 5.41) is 9.87. The van der Waals surface area contributed by atoms with E-state index in [1.54, 1.807) is 18.3 Å². The van der Waals surface area contributed by atoms with Gasteiger partial charge in [0.05, 0.1) is 10.7 Å². The summed E-state index contributed by atoms with van der Waals surface area (Å²) in [5.41, 5.74) is 1.02. The van der Waals surface area contributed by atoms with E-state index in [4.69, 9.17) is 0 Å². The molecule has 0 radical (unpaired) electrons. The van der Waals surface area contributed by atoms with E-state index in [2.05, 4.69) is 20.4 Å². The fourth-order valence-corrected chi connectivity index (χ4v) is 2.17. The number of amides is 1. The fraction of sp³-hybridized carbons (Fsp3) is 0.455. The van der Waals surface area contributed by atoms with Crippen LogP contribution in [0.4, 0.5) is 0 Å². The van der Waals surface area contributed by atoms with Gasteiger partial charge in [-0.25, -0.2) is 14.6 Å². The van der Waals surface area contributed by atoms with Crippen LogP contribution in [0.2, 0.25) is 0 Å². The van der Waals surface area contributed by atoms with Crippen LogP contribution < -0.4 is 5.32 Å². The van der Waals surface area contributed by atoms with Crippen molar-refractivity contribution in [2.24, 2.45) is 0 Å². The van der Waals surface area contributed by atoms with Crippen molar-refractivity contribution in [1.29, 1.82) is 0 Å². The lowest BCUT2D eigenvalue weighted by atomic mass is 10.3. The molecule has 0 saturated heterocycles. The quantitative estimate of drug-likeness (QED) is 0.874. The molecule has 2 heterocycles. The summed E-state index contributed by atoms with van der Waals surface area (Å²) in [6, 6.07) is -0.343. The van der Waals surface area contributed by atoms with E-state index < -0.39 is 0 Å². The van der Waals surface area contributed by atoms with E-state index in [1.807, 2.05) is 12.3 Å². The standard InChI is InChI=1S/C11H15N5OS/c1-8(16-7-12-6-14-16)11(17)13-4-3-10-5-18-9(2)15-10/h5-8H,3-4H2,1-2H3,(H,13,17). The largest absolute Gasteiger partial charge is 0.354 e. The molecule has 7 heteroatoms. The van der Waals surface area contributed by atoms with Crippen LogP contribution in [0.5, 0.6) is 0 Å². The van der Waals surface area contributed by atoms with Gasteiger partial charge in [0.2, 0.25) is 5.91 Å². The number of nitrogens with one attached hydrogen (secondary N) is 1. The van der Waals surface area contributed by atoms with E-state index in [9.17, 15) is 4.79 Å². The Morgan fingerprint density at radius 1 is 1.61 bits per heavy atom. The molecule has 1 amide bonds. The number of hydrogen-bond donors (Lipinski definition) is 1. The van der Waals surface area contributed by atoms with Crippen LogP contribution in [0, 0.1) is 6.92 Å². The highest BCUT2D eigenvalue weighted by molar-refractivity contribution is 7.09. The molecule has 1 N–H and O–H groups in total. The topological polar surface area (TPSA) is 72.7 Å². The number of aryl methyl sites for hydroxylation is 1. The molecule has 0 aromatic carbocycles. The van der Waals surface area contributed by atoms with Gasteiger partial charge in [-0.1, -0.05) is 0 Å². The lowest BCUT2D eigenvalue weighted by Crippen LogP contribution is -2.32. The van der Waals surface area contributed by atoms with Gasteiger partial charge in [-0.05, 0) is 13.8 Å². The van der Waals surface area contributed by atoms with Gasteiger partial charge in [0.15, 0.2) is 0 Å². The highest BCUT2D eigenvalue weighted by Gasteiger charge is 2.14. The number of rotatable bonds is 5. The maximum Gasteiger partial charge on any atom is 0.244 e. The van der Waals surface area contributed by atoms with Crippen LogP contribution in [0.15, 0.2) is 18.0 Å². The van der Waals surface area contributed by atoms with Gasteiger partial charge >= 0.3 is 0 Å². The number of hydrogen-bond acceptors (Lipinski definition) is 5. The molecule has 0 fully saturated rings. The summed E-state index contributed by atoms with van der Waals surface area (Å²) in [7, 11) is 0. The number of carbonyl (C=O) groups excluding carboxylic acids is 1. The Morgan fingerprint density at radius 2 is 2.44 bits per heavy atom. The second-order valence-corrected chi connectivity index (χ2v) is 5.01. The van der Waals surface area contributed by atoms with E-state index in [0.717, 1.165) is 17.1 Å². The monoisotopic (exact) mass is 265 g/mol. The van der Waals surface area contributed by atoms with Crippen molar-refractivity contribution in [2.45, 2.75) is 26.3 Å². The molecule has 2 rings (SSSR count). The lowest BCUT2D eigenvalue weighted by Gasteiger charge is -2.11. The lowest BCUT2D eigenvalue weighted by molar-refractivity contribution is -0.124. The predicted octanol–water partition coefficient (Wildman–Crippen LogP) is 0.963. The maximum absolute atomic E-state index is 11.8. The molecule has 0 spiro atoms. The molecule has 0 saturated carbocycles. The SMILES string of the molecule is Cc1nc(CCNC(=O)C(C)n2cncn2)cs1. The minimum Gasteiger partial charge on any atom is -0.354 e. The Bertz CT molecular complexity index is 507. The minimum atomic E-state index is -0.343. The molecule has 18 heavy (non-hydrogen) atoms. The van der Waals surface area contributed by atoms with Gasteiger partial charge in [-0.3, -0.25) is 4.79 Å². The smallest absolute Gasteiger partial charge is 0.244 e. The second kappa shape index (κ2) is 5.72. The van der Waals surface area contributed by atoms with Crippen LogP contribution in [0.3, 0.4) is 0 Å². The van der Waals surface area contributed by atoms with Crippen LogP contribution in [-0.2, 0) is 11.2 Å². The van der Waals surface area contributed by atoms with E-state index >= 15 is 0 Å². The zero-order chi connectivity index (χ0) is 13.0. The third-order valence-corrected chi connectivity index (χ3v) is 3.38. The van der Waals surface area contributed by atoms with Crippen molar-refractivity contribution < 1.29 is 4.79 Å². The van der Waals surface area contributed by atoms with Gasteiger partial charge in [0.25, 0.3) is 0 Å². The predicted molar refractivity (Wildman–Crippen MR) is 68.3 cm³/mol. The fourth-order valence-electron chi connectivity index (χ4n) is 1.52. The number of carbonyl (C=O) groups is 1. The molecule has 2 aromatic rings. The van der Waals surface area contributed by atoms with Crippen molar-refractivity contribution in [1.82, 2.24) is 25.1 Å². The van der Waals surface area contributed by atoms with Crippen molar-refractivity contribution in [3.63, 3.8) is 0 Å². The molecular weight excluding hydrogens is 250 g/mol. The van der Waals surface area contributed by atoms with Gasteiger partial charge in [0, 0.05) is 18.3 Å². The summed E-state index contributed by atoms with van der Waals surface area (Å²) in [6.45, 7) is 4.34. The molecule has 1 unspecified atom stereocenters. The van der Waals surface area contributed by atoms with Crippen LogP contribution in [0.1, 0.15) is 23.7 Å². The summed E-state index contributed by atoms with van der Waals surface area (Å²) in [5.74, 6) is -0.0625.